The lowest BCUT2D eigenvalue weighted by Gasteiger charge is -2.07. The molecular formula is C16H34ClNO. The Balaban J connectivity index is -0.000000262. The smallest absolute Gasteiger partial charge is 0.248 e. The maximum atomic E-state index is 10.7. The van der Waals surface area contributed by atoms with E-state index in [4.69, 9.17) is 0 Å². The molecule has 0 spiro atoms. The number of likely N-dealkylation sites (N-methyl/N-ethyl adjacent to an activating group) is 1. The highest BCUT2D eigenvalue weighted by atomic mass is 35.5. The van der Waals surface area contributed by atoms with E-state index in [0.29, 0.717) is 5.57 Å². The number of rotatable bonds is 8. The Morgan fingerprint density at radius 2 is 1.21 bits per heavy atom. The third-order valence-electron chi connectivity index (χ3n) is 2.73. The van der Waals surface area contributed by atoms with E-state index in [9.17, 15) is 4.79 Å². The van der Waals surface area contributed by atoms with Crippen molar-refractivity contribution in [3.05, 3.63) is 12.2 Å². The van der Waals surface area contributed by atoms with Crippen LogP contribution >= 0.6 is 12.4 Å². The highest BCUT2D eigenvalue weighted by Gasteiger charge is 2.01. The Morgan fingerprint density at radius 1 is 0.895 bits per heavy atom. The second-order valence-corrected chi connectivity index (χ2v) is 5.10. The van der Waals surface area contributed by atoms with Gasteiger partial charge in [-0.05, 0) is 6.92 Å². The fourth-order valence-electron chi connectivity index (χ4n) is 1.59. The summed E-state index contributed by atoms with van der Waals surface area (Å²) in [5.41, 5.74) is 0.579. The lowest BCUT2D eigenvalue weighted by atomic mass is 10.1. The summed E-state index contributed by atoms with van der Waals surface area (Å²) in [7, 11) is 3.41. The topological polar surface area (TPSA) is 20.3 Å². The van der Waals surface area contributed by atoms with Crippen LogP contribution < -0.4 is 0 Å². The van der Waals surface area contributed by atoms with E-state index in [1.807, 2.05) is 0 Å². The molecule has 0 N–H and O–H groups in total. The summed E-state index contributed by atoms with van der Waals surface area (Å²) in [5.74, 6) is -0.00926. The van der Waals surface area contributed by atoms with E-state index in [-0.39, 0.29) is 18.3 Å². The van der Waals surface area contributed by atoms with Crippen LogP contribution in [-0.4, -0.2) is 24.9 Å². The van der Waals surface area contributed by atoms with E-state index in [1.165, 1.54) is 56.3 Å². The molecule has 19 heavy (non-hydrogen) atoms. The first kappa shape index (κ1) is 23.6. The summed E-state index contributed by atoms with van der Waals surface area (Å²) in [6.07, 6.45) is 11.5. The van der Waals surface area contributed by atoms with Crippen LogP contribution in [0.2, 0.25) is 0 Å². The van der Waals surface area contributed by atoms with Crippen LogP contribution in [0, 0.1) is 0 Å². The molecule has 0 aliphatic rings. The Bertz CT molecular complexity index is 207. The van der Waals surface area contributed by atoms with Crippen LogP contribution in [0.25, 0.3) is 0 Å². The Morgan fingerprint density at radius 3 is 1.37 bits per heavy atom. The third-order valence-corrected chi connectivity index (χ3v) is 2.73. The van der Waals surface area contributed by atoms with E-state index in [2.05, 4.69) is 20.4 Å². The summed E-state index contributed by atoms with van der Waals surface area (Å²) >= 11 is 0. The quantitative estimate of drug-likeness (QED) is 0.443. The molecule has 0 aromatic heterocycles. The van der Waals surface area contributed by atoms with Crippen molar-refractivity contribution in [1.82, 2.24) is 4.90 Å². The van der Waals surface area contributed by atoms with Crippen molar-refractivity contribution < 1.29 is 4.79 Å². The van der Waals surface area contributed by atoms with Gasteiger partial charge in [0.2, 0.25) is 5.91 Å². The van der Waals surface area contributed by atoms with Gasteiger partial charge in [-0.25, -0.2) is 0 Å². The minimum Gasteiger partial charge on any atom is -0.345 e. The van der Waals surface area contributed by atoms with Crippen LogP contribution in [0.3, 0.4) is 0 Å². The van der Waals surface area contributed by atoms with E-state index < -0.39 is 0 Å². The standard InChI is InChI=1S/C10H22.C6H11NO.ClH/c1-3-5-7-9-10-8-6-4-2;1-5(2)6(8)7(3)4;/h3-10H2,1-2H3;1H2,2-4H3;1H. The van der Waals surface area contributed by atoms with Crippen molar-refractivity contribution in [2.45, 2.75) is 72.1 Å². The predicted octanol–water partition coefficient (Wildman–Crippen LogP) is 5.22. The number of hydrogen-bond acceptors (Lipinski definition) is 1. The number of hydrogen-bond donors (Lipinski definition) is 0. The van der Waals surface area contributed by atoms with Crippen LogP contribution in [0.15, 0.2) is 12.2 Å². The number of nitrogens with zero attached hydrogens (tertiary/aromatic N) is 1. The van der Waals surface area contributed by atoms with Crippen molar-refractivity contribution in [3.63, 3.8) is 0 Å². The van der Waals surface area contributed by atoms with Crippen LogP contribution in [0.1, 0.15) is 72.1 Å². The normalized spacial score (nSPS) is 8.89. The van der Waals surface area contributed by atoms with Gasteiger partial charge in [-0.2, -0.15) is 0 Å². The molecule has 0 aliphatic heterocycles. The lowest BCUT2D eigenvalue weighted by molar-refractivity contribution is -0.124. The molecule has 0 saturated heterocycles. The Labute approximate surface area is 127 Å². The first-order valence-corrected chi connectivity index (χ1v) is 7.34. The molecule has 0 radical (unpaired) electrons. The molecule has 1 amide bonds. The number of unbranched alkanes of at least 4 members (excludes halogenated alkanes) is 7. The van der Waals surface area contributed by atoms with Gasteiger partial charge in [0, 0.05) is 19.7 Å². The second kappa shape index (κ2) is 17.5. The van der Waals surface area contributed by atoms with E-state index in [1.54, 1.807) is 21.0 Å². The summed E-state index contributed by atoms with van der Waals surface area (Å²) in [4.78, 5) is 12.2. The van der Waals surface area contributed by atoms with Crippen LogP contribution in [0.4, 0.5) is 0 Å². The van der Waals surface area contributed by atoms with Gasteiger partial charge in [0.25, 0.3) is 0 Å². The van der Waals surface area contributed by atoms with Gasteiger partial charge >= 0.3 is 0 Å². The highest BCUT2D eigenvalue weighted by molar-refractivity contribution is 5.91. The molecule has 0 unspecified atom stereocenters. The molecule has 0 aromatic rings. The van der Waals surface area contributed by atoms with E-state index in [0.717, 1.165) is 0 Å². The summed E-state index contributed by atoms with van der Waals surface area (Å²) in [6, 6.07) is 0. The average molecular weight is 292 g/mol. The zero-order valence-corrected chi connectivity index (χ0v) is 14.4. The highest BCUT2D eigenvalue weighted by Crippen LogP contribution is 2.07. The van der Waals surface area contributed by atoms with Gasteiger partial charge in [0.05, 0.1) is 0 Å². The number of amides is 1. The van der Waals surface area contributed by atoms with Gasteiger partial charge in [0.1, 0.15) is 0 Å². The number of halogens is 1. The van der Waals surface area contributed by atoms with Crippen LogP contribution in [0.5, 0.6) is 0 Å². The van der Waals surface area contributed by atoms with Crippen molar-refractivity contribution >= 4 is 18.3 Å². The largest absolute Gasteiger partial charge is 0.345 e. The molecule has 0 aliphatic carbocycles. The lowest BCUT2D eigenvalue weighted by Crippen LogP contribution is -2.21. The molecular weight excluding hydrogens is 258 g/mol. The molecule has 0 heterocycles. The van der Waals surface area contributed by atoms with Crippen LogP contribution in [-0.2, 0) is 4.79 Å². The first-order chi connectivity index (χ1) is 8.47. The third kappa shape index (κ3) is 20.0. The van der Waals surface area contributed by atoms with Crippen molar-refractivity contribution in [2.24, 2.45) is 0 Å². The minimum absolute atomic E-state index is 0. The van der Waals surface area contributed by atoms with Crippen molar-refractivity contribution in [2.75, 3.05) is 14.1 Å². The summed E-state index contributed by atoms with van der Waals surface area (Å²) < 4.78 is 0. The molecule has 0 fully saturated rings. The summed E-state index contributed by atoms with van der Waals surface area (Å²) in [6.45, 7) is 9.72. The minimum atomic E-state index is -0.00926. The zero-order valence-electron chi connectivity index (χ0n) is 13.6. The molecule has 0 atom stereocenters. The molecule has 0 saturated carbocycles. The Hall–Kier alpha value is -0.500. The maximum absolute atomic E-state index is 10.7. The zero-order chi connectivity index (χ0) is 14.4. The van der Waals surface area contributed by atoms with Gasteiger partial charge in [-0.3, -0.25) is 4.79 Å². The fourth-order valence-corrected chi connectivity index (χ4v) is 1.59. The van der Waals surface area contributed by atoms with Gasteiger partial charge < -0.3 is 4.90 Å². The van der Waals surface area contributed by atoms with E-state index >= 15 is 0 Å². The second-order valence-electron chi connectivity index (χ2n) is 5.10. The SMILES string of the molecule is C=C(C)C(=O)N(C)C.CCCCCCCCCC.Cl. The van der Waals surface area contributed by atoms with Gasteiger partial charge in [0.15, 0.2) is 0 Å². The molecule has 2 nitrogen and oxygen atoms in total. The first-order valence-electron chi connectivity index (χ1n) is 7.34. The van der Waals surface area contributed by atoms with Crippen molar-refractivity contribution in [1.29, 1.82) is 0 Å². The number of carbonyl (C=O) groups excluding carboxylic acids is 1. The maximum Gasteiger partial charge on any atom is 0.248 e. The average Bonchev–Trinajstić information content (AvgIpc) is 2.33. The molecule has 0 rings (SSSR count). The monoisotopic (exact) mass is 291 g/mol. The fraction of sp³-hybridized carbons (Fsp3) is 0.812. The number of carbonyl (C=O) groups is 1. The molecule has 0 aromatic carbocycles. The Kier molecular flexibility index (Phi) is 21.7. The van der Waals surface area contributed by atoms with Crippen molar-refractivity contribution in [3.8, 4) is 0 Å². The predicted molar refractivity (Wildman–Crippen MR) is 89.0 cm³/mol. The van der Waals surface area contributed by atoms with Gasteiger partial charge in [-0.1, -0.05) is 71.8 Å². The van der Waals surface area contributed by atoms with Gasteiger partial charge in [-0.15, -0.1) is 12.4 Å². The summed E-state index contributed by atoms with van der Waals surface area (Å²) in [5, 5.41) is 0. The molecule has 0 bridgehead atoms. The molecule has 3 heteroatoms. The molecule has 116 valence electrons.